The summed E-state index contributed by atoms with van der Waals surface area (Å²) < 4.78 is 17.4. The molecule has 0 N–H and O–H groups in total. The van der Waals surface area contributed by atoms with Gasteiger partial charge < -0.3 is 14.2 Å². The van der Waals surface area contributed by atoms with Crippen molar-refractivity contribution < 1.29 is 19.0 Å². The molecule has 0 saturated carbocycles. The number of carbonyl (C=O) groups is 1. The summed E-state index contributed by atoms with van der Waals surface area (Å²) in [6.07, 6.45) is 22.4. The Morgan fingerprint density at radius 2 is 1.12 bits per heavy atom. The number of rotatable bonds is 24. The Morgan fingerprint density at radius 3 is 1.70 bits per heavy atom. The van der Waals surface area contributed by atoms with E-state index in [1.54, 1.807) is 12.1 Å². The van der Waals surface area contributed by atoms with Crippen molar-refractivity contribution in [3.8, 4) is 11.5 Å². The van der Waals surface area contributed by atoms with Gasteiger partial charge in [0.25, 0.3) is 0 Å². The lowest BCUT2D eigenvalue weighted by Crippen LogP contribution is -2.09. The molecule has 0 aliphatic rings. The van der Waals surface area contributed by atoms with Gasteiger partial charge in [0.1, 0.15) is 11.5 Å². The first kappa shape index (κ1) is 33.9. The lowest BCUT2D eigenvalue weighted by atomic mass is 10.1. The molecule has 0 aliphatic heterocycles. The molecule has 0 unspecified atom stereocenters. The normalized spacial score (nSPS) is 11.9. The average molecular weight is 553 g/mol. The number of hydrogen-bond acceptors (Lipinski definition) is 4. The summed E-state index contributed by atoms with van der Waals surface area (Å²) in [5.41, 5.74) is 1.59. The van der Waals surface area contributed by atoms with Crippen molar-refractivity contribution >= 4 is 5.97 Å². The predicted molar refractivity (Wildman–Crippen MR) is 167 cm³/mol. The maximum Gasteiger partial charge on any atom is 0.343 e. The summed E-state index contributed by atoms with van der Waals surface area (Å²) in [5, 5.41) is 0. The number of esters is 1. The molecular weight excluding hydrogens is 496 g/mol. The van der Waals surface area contributed by atoms with Crippen molar-refractivity contribution in [3.63, 3.8) is 0 Å². The Balaban J connectivity index is 1.55. The Labute approximate surface area is 245 Å². The van der Waals surface area contributed by atoms with Gasteiger partial charge in [0, 0.05) is 0 Å². The summed E-state index contributed by atoms with van der Waals surface area (Å²) in [7, 11) is 0. The van der Waals surface area contributed by atoms with Crippen LogP contribution < -0.4 is 9.47 Å². The minimum atomic E-state index is -0.364. The van der Waals surface area contributed by atoms with Crippen molar-refractivity contribution in [3.05, 3.63) is 59.7 Å². The number of hydrogen-bond donors (Lipinski definition) is 0. The van der Waals surface area contributed by atoms with Crippen LogP contribution in [0.4, 0.5) is 0 Å². The van der Waals surface area contributed by atoms with E-state index in [1.807, 2.05) is 36.4 Å². The first-order chi connectivity index (χ1) is 19.6. The molecule has 2 rings (SSSR count). The minimum absolute atomic E-state index is 0.255. The second-order valence-corrected chi connectivity index (χ2v) is 11.3. The maximum absolute atomic E-state index is 12.6. The lowest BCUT2D eigenvalue weighted by Gasteiger charge is -2.13. The summed E-state index contributed by atoms with van der Waals surface area (Å²) in [6, 6.07) is 14.8. The fraction of sp³-hybridized carbons (Fsp3) is 0.639. The van der Waals surface area contributed by atoms with E-state index < -0.39 is 0 Å². The van der Waals surface area contributed by atoms with E-state index in [0.29, 0.717) is 17.9 Å². The third-order valence-corrected chi connectivity index (χ3v) is 7.49. The van der Waals surface area contributed by atoms with Gasteiger partial charge >= 0.3 is 5.97 Å². The van der Waals surface area contributed by atoms with Crippen LogP contribution in [0.15, 0.2) is 48.5 Å². The van der Waals surface area contributed by atoms with Crippen LogP contribution in [0.5, 0.6) is 11.5 Å². The van der Waals surface area contributed by atoms with Crippen molar-refractivity contribution in [2.45, 2.75) is 143 Å². The monoisotopic (exact) mass is 552 g/mol. The number of benzene rings is 2. The molecule has 0 amide bonds. The van der Waals surface area contributed by atoms with Gasteiger partial charge in [-0.2, -0.15) is 0 Å². The Kier molecular flexibility index (Phi) is 18.9. The van der Waals surface area contributed by atoms with Gasteiger partial charge in [0.2, 0.25) is 0 Å². The molecule has 0 aromatic heterocycles. The zero-order valence-corrected chi connectivity index (χ0v) is 25.8. The third kappa shape index (κ3) is 16.1. The molecule has 1 atom stereocenters. The molecule has 4 heteroatoms. The highest BCUT2D eigenvalue weighted by atomic mass is 16.5. The predicted octanol–water partition coefficient (Wildman–Crippen LogP) is 10.9. The Bertz CT molecular complexity index is 875. The van der Waals surface area contributed by atoms with Crippen molar-refractivity contribution in [2.24, 2.45) is 0 Å². The van der Waals surface area contributed by atoms with Crippen LogP contribution >= 0.6 is 0 Å². The summed E-state index contributed by atoms with van der Waals surface area (Å²) in [6.45, 7) is 7.93. The second kappa shape index (κ2) is 22.4. The van der Waals surface area contributed by atoms with Crippen LogP contribution in [0.1, 0.15) is 146 Å². The van der Waals surface area contributed by atoms with Gasteiger partial charge in [-0.15, -0.1) is 0 Å². The first-order valence-electron chi connectivity index (χ1n) is 16.3. The molecule has 0 spiro atoms. The third-order valence-electron chi connectivity index (χ3n) is 7.49. The van der Waals surface area contributed by atoms with E-state index in [-0.39, 0.29) is 12.1 Å². The molecule has 0 fully saturated rings. The van der Waals surface area contributed by atoms with Crippen LogP contribution in [0.3, 0.4) is 0 Å². The Hall–Kier alpha value is -2.33. The summed E-state index contributed by atoms with van der Waals surface area (Å²) >= 11 is 0. The molecular formula is C36H56O4. The molecule has 0 radical (unpaired) electrons. The molecule has 0 aliphatic carbocycles. The van der Waals surface area contributed by atoms with E-state index in [1.165, 1.54) is 96.3 Å². The molecule has 0 saturated heterocycles. The fourth-order valence-corrected chi connectivity index (χ4v) is 4.82. The van der Waals surface area contributed by atoms with E-state index in [9.17, 15) is 4.79 Å². The zero-order chi connectivity index (χ0) is 28.7. The van der Waals surface area contributed by atoms with Gasteiger partial charge in [0.05, 0.1) is 24.9 Å². The van der Waals surface area contributed by atoms with Crippen LogP contribution in [0.25, 0.3) is 0 Å². The smallest absolute Gasteiger partial charge is 0.343 e. The highest BCUT2D eigenvalue weighted by molar-refractivity contribution is 5.91. The molecule has 2 aromatic rings. The van der Waals surface area contributed by atoms with E-state index in [2.05, 4.69) is 20.8 Å². The molecule has 40 heavy (non-hydrogen) atoms. The van der Waals surface area contributed by atoms with Crippen LogP contribution in [-0.4, -0.2) is 18.7 Å². The van der Waals surface area contributed by atoms with E-state index >= 15 is 0 Å². The number of unbranched alkanes of at least 4 members (excludes halogenated alkanes) is 14. The molecule has 224 valence electrons. The van der Waals surface area contributed by atoms with Gasteiger partial charge in [-0.25, -0.2) is 4.79 Å². The van der Waals surface area contributed by atoms with Gasteiger partial charge in [-0.1, -0.05) is 122 Å². The van der Waals surface area contributed by atoms with Gasteiger partial charge in [-0.05, 0) is 61.7 Å². The number of carbonyl (C=O) groups excluding carboxylic acids is 1. The standard InChI is InChI=1S/C36H56O4/c1-4-6-8-10-11-12-13-14-15-16-17-19-29-38-34-27-23-33(24-28-34)36(37)40-35-25-21-32(22-26-35)30-39-31(3)20-18-9-7-5-2/h21-28,31H,4-20,29-30H2,1-3H3/t31-/m0/s1. The Morgan fingerprint density at radius 1 is 0.625 bits per heavy atom. The average Bonchev–Trinajstić information content (AvgIpc) is 2.97. The molecule has 0 bridgehead atoms. The topological polar surface area (TPSA) is 44.8 Å². The fourth-order valence-electron chi connectivity index (χ4n) is 4.82. The molecule has 2 aromatic carbocycles. The summed E-state index contributed by atoms with van der Waals surface area (Å²) in [5.74, 6) is 0.967. The van der Waals surface area contributed by atoms with Crippen molar-refractivity contribution in [2.75, 3.05) is 6.61 Å². The zero-order valence-electron chi connectivity index (χ0n) is 25.8. The quantitative estimate of drug-likeness (QED) is 0.0738. The summed E-state index contributed by atoms with van der Waals surface area (Å²) in [4.78, 5) is 12.6. The molecule has 0 heterocycles. The van der Waals surface area contributed by atoms with Crippen LogP contribution in [0.2, 0.25) is 0 Å². The van der Waals surface area contributed by atoms with Crippen LogP contribution in [-0.2, 0) is 11.3 Å². The highest BCUT2D eigenvalue weighted by Gasteiger charge is 2.10. The van der Waals surface area contributed by atoms with Crippen LogP contribution in [0, 0.1) is 0 Å². The first-order valence-corrected chi connectivity index (χ1v) is 16.3. The van der Waals surface area contributed by atoms with E-state index in [4.69, 9.17) is 14.2 Å². The van der Waals surface area contributed by atoms with Crippen molar-refractivity contribution in [1.29, 1.82) is 0 Å². The van der Waals surface area contributed by atoms with Crippen molar-refractivity contribution in [1.82, 2.24) is 0 Å². The highest BCUT2D eigenvalue weighted by Crippen LogP contribution is 2.19. The SMILES string of the molecule is CCCCCCCCCCCCCCOc1ccc(C(=O)Oc2ccc(CO[C@@H](C)CCCCCC)cc2)cc1. The number of ether oxygens (including phenoxy) is 3. The second-order valence-electron chi connectivity index (χ2n) is 11.3. The largest absolute Gasteiger partial charge is 0.494 e. The van der Waals surface area contributed by atoms with E-state index in [0.717, 1.165) is 30.8 Å². The minimum Gasteiger partial charge on any atom is -0.494 e. The maximum atomic E-state index is 12.6. The van der Waals surface area contributed by atoms with Gasteiger partial charge in [0.15, 0.2) is 0 Å². The lowest BCUT2D eigenvalue weighted by molar-refractivity contribution is 0.0459. The van der Waals surface area contributed by atoms with Gasteiger partial charge in [-0.3, -0.25) is 0 Å². The molecule has 4 nitrogen and oxygen atoms in total.